The Hall–Kier alpha value is -1.32. The predicted molar refractivity (Wildman–Crippen MR) is 46.8 cm³/mol. The highest BCUT2D eigenvalue weighted by Gasteiger charge is 2.12. The van der Waals surface area contributed by atoms with E-state index in [0.29, 0.717) is 0 Å². The molecule has 0 saturated carbocycles. The van der Waals surface area contributed by atoms with Crippen molar-refractivity contribution in [3.05, 3.63) is 12.4 Å². The van der Waals surface area contributed by atoms with Gasteiger partial charge in [0.15, 0.2) is 0 Å². The second kappa shape index (κ2) is 2.97. The van der Waals surface area contributed by atoms with E-state index in [-0.39, 0.29) is 5.82 Å². The lowest BCUT2D eigenvalue weighted by Gasteiger charge is -2.19. The van der Waals surface area contributed by atoms with Crippen LogP contribution in [0.3, 0.4) is 0 Å². The van der Waals surface area contributed by atoms with Gasteiger partial charge in [-0.1, -0.05) is 0 Å². The lowest BCUT2D eigenvalue weighted by Crippen LogP contribution is -2.23. The van der Waals surface area contributed by atoms with E-state index in [0.717, 1.165) is 12.4 Å². The molecule has 0 unspecified atom stereocenters. The maximum absolute atomic E-state index is 7.36. The number of nitrogens with two attached hydrogens (primary N) is 1. The zero-order valence-corrected chi connectivity index (χ0v) is 6.03. The Morgan fingerprint density at radius 1 is 1.42 bits per heavy atom. The van der Waals surface area contributed by atoms with E-state index in [1.54, 1.807) is 0 Å². The smallest absolute Gasteiger partial charge is 0.232 e. The zero-order chi connectivity index (χ0) is 16.7. The fourth-order valence-electron chi connectivity index (χ4n) is 0.536. The van der Waals surface area contributed by atoms with Crippen molar-refractivity contribution in [3.63, 3.8) is 0 Å². The SMILES string of the molecule is [2H]C([2H])([2H])C(Oc1cnc(N)cn1)(C([2H])([2H])[2H])C([2H])([2H])[2H]. The first-order valence-corrected chi connectivity index (χ1v) is 2.99. The summed E-state index contributed by atoms with van der Waals surface area (Å²) in [6, 6.07) is 0. The quantitative estimate of drug-likeness (QED) is 0.699. The number of nitrogens with zero attached hydrogens (tertiary/aromatic N) is 2. The first-order chi connectivity index (χ1) is 9.22. The predicted octanol–water partition coefficient (Wildman–Crippen LogP) is 1.24. The molecule has 0 saturated heterocycles. The monoisotopic (exact) mass is 176 g/mol. The summed E-state index contributed by atoms with van der Waals surface area (Å²) < 4.78 is 71.0. The van der Waals surface area contributed by atoms with E-state index in [9.17, 15) is 0 Å². The van der Waals surface area contributed by atoms with Gasteiger partial charge in [0.05, 0.1) is 12.4 Å². The molecular formula is C8H13N3O. The van der Waals surface area contributed by atoms with E-state index < -0.39 is 32.0 Å². The Bertz CT molecular complexity index is 454. The van der Waals surface area contributed by atoms with Gasteiger partial charge in [0.2, 0.25) is 5.88 Å². The largest absolute Gasteiger partial charge is 0.471 e. The van der Waals surface area contributed by atoms with Crippen molar-refractivity contribution in [2.45, 2.75) is 26.2 Å². The second-order valence-electron chi connectivity index (χ2n) is 2.06. The molecular weight excluding hydrogens is 154 g/mol. The highest BCUT2D eigenvalue weighted by Crippen LogP contribution is 2.13. The number of hydrogen-bond donors (Lipinski definition) is 1. The number of ether oxygens (including phenoxy) is 1. The highest BCUT2D eigenvalue weighted by molar-refractivity contribution is 5.24. The first kappa shape index (κ1) is 2.58. The van der Waals surface area contributed by atoms with Crippen molar-refractivity contribution in [2.75, 3.05) is 5.73 Å². The third kappa shape index (κ3) is 2.74. The Labute approximate surface area is 84.4 Å². The molecule has 0 amide bonds. The van der Waals surface area contributed by atoms with Crippen molar-refractivity contribution >= 4 is 5.82 Å². The van der Waals surface area contributed by atoms with Gasteiger partial charge in [-0.3, -0.25) is 0 Å². The van der Waals surface area contributed by atoms with Crippen molar-refractivity contribution in [2.24, 2.45) is 0 Å². The third-order valence-corrected chi connectivity index (χ3v) is 0.906. The fourth-order valence-corrected chi connectivity index (χ4v) is 0.536. The maximum Gasteiger partial charge on any atom is 0.232 e. The summed E-state index contributed by atoms with van der Waals surface area (Å²) in [5.74, 6) is -0.586. The van der Waals surface area contributed by atoms with Crippen LogP contribution in [0.25, 0.3) is 0 Å². The van der Waals surface area contributed by atoms with E-state index in [1.807, 2.05) is 0 Å². The zero-order valence-electron chi connectivity index (χ0n) is 15.0. The number of anilines is 1. The molecule has 0 aliphatic heterocycles. The fraction of sp³-hybridized carbons (Fsp3) is 0.500. The van der Waals surface area contributed by atoms with Crippen LogP contribution < -0.4 is 10.5 Å². The van der Waals surface area contributed by atoms with Crippen LogP contribution in [-0.4, -0.2) is 15.6 Å². The molecule has 2 N–H and O–H groups in total. The van der Waals surface area contributed by atoms with Gasteiger partial charge in [-0.05, 0) is 20.6 Å². The van der Waals surface area contributed by atoms with Crippen LogP contribution in [0.15, 0.2) is 12.4 Å². The summed E-state index contributed by atoms with van der Waals surface area (Å²) in [6.07, 6.45) is 1.84. The van der Waals surface area contributed by atoms with Gasteiger partial charge in [-0.2, -0.15) is 0 Å². The van der Waals surface area contributed by atoms with Crippen molar-refractivity contribution < 1.29 is 17.1 Å². The molecule has 0 bridgehead atoms. The molecule has 1 rings (SSSR count). The number of hydrogen-bond acceptors (Lipinski definition) is 4. The normalized spacial score (nSPS) is 25.5. The maximum atomic E-state index is 7.36. The van der Waals surface area contributed by atoms with Gasteiger partial charge in [0.1, 0.15) is 11.4 Å². The van der Waals surface area contributed by atoms with Crippen LogP contribution in [0.2, 0.25) is 0 Å². The molecule has 1 aromatic rings. The average Bonchev–Trinajstić information content (AvgIpc) is 2.22. The summed E-state index contributed by atoms with van der Waals surface area (Å²) in [5.41, 5.74) is 1.85. The molecule has 0 spiro atoms. The molecule has 12 heavy (non-hydrogen) atoms. The molecule has 0 aliphatic carbocycles. The van der Waals surface area contributed by atoms with Crippen molar-refractivity contribution in [1.29, 1.82) is 0 Å². The molecule has 1 aromatic heterocycles. The lowest BCUT2D eigenvalue weighted by molar-refractivity contribution is 0.123. The van der Waals surface area contributed by atoms with Gasteiger partial charge in [0, 0.05) is 12.3 Å². The number of rotatable bonds is 1. The van der Waals surface area contributed by atoms with Crippen molar-refractivity contribution in [1.82, 2.24) is 9.97 Å². The number of nitrogen functional groups attached to an aromatic ring is 1. The number of aromatic nitrogens is 2. The highest BCUT2D eigenvalue weighted by atomic mass is 16.5. The minimum atomic E-state index is -3.47. The Morgan fingerprint density at radius 3 is 2.67 bits per heavy atom. The van der Waals surface area contributed by atoms with Crippen LogP contribution in [0, 0.1) is 0 Å². The summed E-state index contributed by atoms with van der Waals surface area (Å²) in [6.45, 7) is -10.4. The molecule has 1 heterocycles. The topological polar surface area (TPSA) is 61.0 Å². The summed E-state index contributed by atoms with van der Waals surface area (Å²) in [7, 11) is 0. The van der Waals surface area contributed by atoms with Crippen LogP contribution in [-0.2, 0) is 0 Å². The van der Waals surface area contributed by atoms with Gasteiger partial charge in [-0.15, -0.1) is 0 Å². The molecule has 4 heteroatoms. The molecule has 66 valence electrons. The van der Waals surface area contributed by atoms with Gasteiger partial charge in [0.25, 0.3) is 0 Å². The summed E-state index contributed by atoms with van der Waals surface area (Å²) >= 11 is 0. The Balaban J connectivity index is 3.47. The average molecular weight is 176 g/mol. The third-order valence-electron chi connectivity index (χ3n) is 0.906. The lowest BCUT2D eigenvalue weighted by atomic mass is 10.2. The van der Waals surface area contributed by atoms with Crippen molar-refractivity contribution in [3.8, 4) is 5.88 Å². The van der Waals surface area contributed by atoms with Crippen LogP contribution in [0.1, 0.15) is 32.9 Å². The van der Waals surface area contributed by atoms with E-state index in [1.165, 1.54) is 0 Å². The van der Waals surface area contributed by atoms with Gasteiger partial charge < -0.3 is 10.5 Å². The molecule has 0 atom stereocenters. The summed E-state index contributed by atoms with van der Waals surface area (Å²) in [4.78, 5) is 7.09. The van der Waals surface area contributed by atoms with Crippen LogP contribution in [0.5, 0.6) is 5.88 Å². The molecule has 4 nitrogen and oxygen atoms in total. The van der Waals surface area contributed by atoms with E-state index in [2.05, 4.69) is 9.97 Å². The molecule has 0 aliphatic rings. The van der Waals surface area contributed by atoms with E-state index >= 15 is 0 Å². The molecule has 0 radical (unpaired) electrons. The minimum Gasteiger partial charge on any atom is -0.471 e. The van der Waals surface area contributed by atoms with E-state index in [4.69, 9.17) is 22.8 Å². The molecule has 0 fully saturated rings. The Kier molecular flexibility index (Phi) is 0.639. The van der Waals surface area contributed by atoms with Gasteiger partial charge >= 0.3 is 0 Å². The van der Waals surface area contributed by atoms with Crippen LogP contribution in [0.4, 0.5) is 5.82 Å². The van der Waals surface area contributed by atoms with Gasteiger partial charge in [-0.25, -0.2) is 9.97 Å². The first-order valence-electron chi connectivity index (χ1n) is 7.49. The summed E-state index contributed by atoms with van der Waals surface area (Å²) in [5, 5.41) is 0. The second-order valence-corrected chi connectivity index (χ2v) is 2.06. The standard InChI is InChI=1S/C8H13N3O/c1-8(2,3)12-7-5-10-6(9)4-11-7/h4-5H,1-3H3,(H2,9,10)/i1D3,2D3,3D3. The Morgan fingerprint density at radius 2 is 2.17 bits per heavy atom. The van der Waals surface area contributed by atoms with Crippen LogP contribution >= 0.6 is 0 Å². The minimum absolute atomic E-state index is 0.0235. The molecule has 0 aromatic carbocycles.